The summed E-state index contributed by atoms with van der Waals surface area (Å²) in [5, 5.41) is 2.87. The molecule has 1 fully saturated rings. The van der Waals surface area contributed by atoms with E-state index in [4.69, 9.17) is 15.2 Å². The molecule has 20 heavy (non-hydrogen) atoms. The summed E-state index contributed by atoms with van der Waals surface area (Å²) < 4.78 is 11.0. The molecule has 0 bridgehead atoms. The van der Waals surface area contributed by atoms with Crippen molar-refractivity contribution < 1.29 is 14.3 Å². The third-order valence-corrected chi connectivity index (χ3v) is 3.51. The van der Waals surface area contributed by atoms with Gasteiger partial charge in [0.2, 0.25) is 5.91 Å². The van der Waals surface area contributed by atoms with Gasteiger partial charge in [0.15, 0.2) is 0 Å². The summed E-state index contributed by atoms with van der Waals surface area (Å²) >= 11 is 0. The Labute approximate surface area is 119 Å². The fourth-order valence-corrected chi connectivity index (χ4v) is 2.18. The van der Waals surface area contributed by atoms with Crippen molar-refractivity contribution in [1.82, 2.24) is 0 Å². The normalized spacial score (nSPS) is 16.1. The van der Waals surface area contributed by atoms with Gasteiger partial charge in [-0.2, -0.15) is 0 Å². The number of anilines is 1. The number of nitrogens with two attached hydrogens (primary N) is 1. The molecular formula is C15H22N2O3. The molecule has 0 heterocycles. The van der Waals surface area contributed by atoms with Crippen molar-refractivity contribution in [3.8, 4) is 11.5 Å². The van der Waals surface area contributed by atoms with Crippen LogP contribution in [0.5, 0.6) is 11.5 Å². The second-order valence-corrected chi connectivity index (χ2v) is 4.99. The van der Waals surface area contributed by atoms with Crippen LogP contribution in [0.2, 0.25) is 0 Å². The highest BCUT2D eigenvalue weighted by atomic mass is 16.5. The van der Waals surface area contributed by atoms with E-state index in [0.717, 1.165) is 19.3 Å². The van der Waals surface area contributed by atoms with Crippen molar-refractivity contribution in [2.75, 3.05) is 18.5 Å². The van der Waals surface area contributed by atoms with Crippen LogP contribution in [0.4, 0.5) is 5.69 Å². The van der Waals surface area contributed by atoms with Gasteiger partial charge >= 0.3 is 0 Å². The van der Waals surface area contributed by atoms with Gasteiger partial charge in [-0.1, -0.05) is 0 Å². The lowest BCUT2D eigenvalue weighted by molar-refractivity contribution is -0.123. The number of hydrogen-bond acceptors (Lipinski definition) is 4. The molecule has 5 heteroatoms. The number of amides is 1. The van der Waals surface area contributed by atoms with Crippen LogP contribution >= 0.6 is 0 Å². The van der Waals surface area contributed by atoms with Crippen LogP contribution in [0.1, 0.15) is 33.1 Å². The van der Waals surface area contributed by atoms with Crippen LogP contribution in [0, 0.1) is 0 Å². The van der Waals surface area contributed by atoms with E-state index in [1.54, 1.807) is 12.1 Å². The maximum absolute atomic E-state index is 12.2. The largest absolute Gasteiger partial charge is 0.494 e. The monoisotopic (exact) mass is 278 g/mol. The number of benzene rings is 1. The summed E-state index contributed by atoms with van der Waals surface area (Å²) in [6.07, 6.45) is 2.46. The number of nitrogens with one attached hydrogen (secondary N) is 1. The first-order chi connectivity index (χ1) is 9.59. The molecule has 1 aromatic carbocycles. The molecule has 5 nitrogen and oxygen atoms in total. The van der Waals surface area contributed by atoms with Crippen molar-refractivity contribution in [3.05, 3.63) is 18.2 Å². The van der Waals surface area contributed by atoms with Crippen LogP contribution in [-0.2, 0) is 4.79 Å². The van der Waals surface area contributed by atoms with Crippen LogP contribution in [0.25, 0.3) is 0 Å². The molecule has 0 spiro atoms. The molecule has 0 atom stereocenters. The van der Waals surface area contributed by atoms with Gasteiger partial charge < -0.3 is 20.5 Å². The molecule has 1 saturated carbocycles. The molecule has 0 saturated heterocycles. The lowest BCUT2D eigenvalue weighted by atomic mass is 9.77. The molecule has 3 N–H and O–H groups in total. The van der Waals surface area contributed by atoms with Crippen LogP contribution in [-0.4, -0.2) is 24.7 Å². The molecule has 1 aromatic rings. The maximum atomic E-state index is 12.2. The number of ether oxygens (including phenoxy) is 2. The number of carbonyl (C=O) groups excluding carboxylic acids is 1. The highest BCUT2D eigenvalue weighted by Gasteiger charge is 2.40. The van der Waals surface area contributed by atoms with E-state index < -0.39 is 5.54 Å². The molecule has 2 rings (SSSR count). The number of carbonyl (C=O) groups is 1. The number of rotatable bonds is 6. The highest BCUT2D eigenvalue weighted by Crippen LogP contribution is 2.34. The summed E-state index contributed by atoms with van der Waals surface area (Å²) in [4.78, 5) is 12.2. The van der Waals surface area contributed by atoms with E-state index in [2.05, 4.69) is 5.32 Å². The predicted molar refractivity (Wildman–Crippen MR) is 78.2 cm³/mol. The fraction of sp³-hybridized carbons (Fsp3) is 0.533. The van der Waals surface area contributed by atoms with Gasteiger partial charge in [0.05, 0.1) is 24.4 Å². The summed E-state index contributed by atoms with van der Waals surface area (Å²) in [5.41, 5.74) is 5.91. The van der Waals surface area contributed by atoms with Crippen LogP contribution < -0.4 is 20.5 Å². The molecule has 0 aliphatic heterocycles. The molecule has 0 aromatic heterocycles. The molecule has 1 aliphatic carbocycles. The topological polar surface area (TPSA) is 73.6 Å². The number of hydrogen-bond donors (Lipinski definition) is 2. The summed E-state index contributed by atoms with van der Waals surface area (Å²) in [6.45, 7) is 4.92. The van der Waals surface area contributed by atoms with Gasteiger partial charge in [-0.15, -0.1) is 0 Å². The smallest absolute Gasteiger partial charge is 0.244 e. The zero-order chi connectivity index (χ0) is 14.6. The molecule has 0 unspecified atom stereocenters. The van der Waals surface area contributed by atoms with E-state index in [-0.39, 0.29) is 5.91 Å². The molecular weight excluding hydrogens is 256 g/mol. The van der Waals surface area contributed by atoms with E-state index >= 15 is 0 Å². The fourth-order valence-electron chi connectivity index (χ4n) is 2.18. The van der Waals surface area contributed by atoms with Gasteiger partial charge in [-0.25, -0.2) is 0 Å². The average molecular weight is 278 g/mol. The Morgan fingerprint density at radius 3 is 2.55 bits per heavy atom. The van der Waals surface area contributed by atoms with Gasteiger partial charge in [0.1, 0.15) is 11.5 Å². The van der Waals surface area contributed by atoms with Gasteiger partial charge in [0, 0.05) is 6.07 Å². The quantitative estimate of drug-likeness (QED) is 0.837. The molecule has 110 valence electrons. The van der Waals surface area contributed by atoms with Crippen LogP contribution in [0.3, 0.4) is 0 Å². The van der Waals surface area contributed by atoms with Crippen molar-refractivity contribution in [2.45, 2.75) is 38.6 Å². The predicted octanol–water partition coefficient (Wildman–Crippen LogP) is 2.30. The minimum absolute atomic E-state index is 0.154. The standard InChI is InChI=1S/C15H22N2O3/c1-3-19-11-6-7-13(20-4-2)12(10-11)17-14(18)15(16)8-5-9-15/h6-7,10H,3-5,8-9,16H2,1-2H3,(H,17,18). The van der Waals surface area contributed by atoms with Gasteiger partial charge in [-0.05, 0) is 45.2 Å². The highest BCUT2D eigenvalue weighted by molar-refractivity contribution is 5.99. The van der Waals surface area contributed by atoms with Gasteiger partial charge in [0.25, 0.3) is 0 Å². The van der Waals surface area contributed by atoms with Crippen molar-refractivity contribution in [2.24, 2.45) is 5.73 Å². The lowest BCUT2D eigenvalue weighted by Crippen LogP contribution is -2.56. The van der Waals surface area contributed by atoms with Crippen molar-refractivity contribution in [3.63, 3.8) is 0 Å². The van der Waals surface area contributed by atoms with E-state index in [9.17, 15) is 4.79 Å². The Hall–Kier alpha value is -1.75. The summed E-state index contributed by atoms with van der Waals surface area (Å²) in [7, 11) is 0. The average Bonchev–Trinajstić information content (AvgIpc) is 2.39. The van der Waals surface area contributed by atoms with Gasteiger partial charge in [-0.3, -0.25) is 4.79 Å². The summed E-state index contributed by atoms with van der Waals surface area (Å²) in [6, 6.07) is 5.40. The van der Waals surface area contributed by atoms with Crippen LogP contribution in [0.15, 0.2) is 18.2 Å². The Bertz CT molecular complexity index is 484. The first-order valence-corrected chi connectivity index (χ1v) is 7.09. The van der Waals surface area contributed by atoms with Crippen molar-refractivity contribution in [1.29, 1.82) is 0 Å². The molecule has 1 aliphatic rings. The second-order valence-electron chi connectivity index (χ2n) is 4.99. The van der Waals surface area contributed by atoms with E-state index in [0.29, 0.717) is 30.4 Å². The third kappa shape index (κ3) is 3.04. The summed E-state index contributed by atoms with van der Waals surface area (Å²) in [5.74, 6) is 1.18. The SMILES string of the molecule is CCOc1ccc(OCC)c(NC(=O)C2(N)CCC2)c1. The maximum Gasteiger partial charge on any atom is 0.244 e. The Kier molecular flexibility index (Phi) is 4.49. The minimum Gasteiger partial charge on any atom is -0.494 e. The lowest BCUT2D eigenvalue weighted by Gasteiger charge is -2.36. The van der Waals surface area contributed by atoms with E-state index in [1.165, 1.54) is 0 Å². The Morgan fingerprint density at radius 2 is 2.00 bits per heavy atom. The minimum atomic E-state index is -0.731. The first kappa shape index (κ1) is 14.7. The zero-order valence-corrected chi connectivity index (χ0v) is 12.1. The Morgan fingerprint density at radius 1 is 1.30 bits per heavy atom. The van der Waals surface area contributed by atoms with E-state index in [1.807, 2.05) is 19.9 Å². The third-order valence-electron chi connectivity index (χ3n) is 3.51. The molecule has 0 radical (unpaired) electrons. The second kappa shape index (κ2) is 6.13. The zero-order valence-electron chi connectivity index (χ0n) is 12.1. The Balaban J connectivity index is 2.18. The first-order valence-electron chi connectivity index (χ1n) is 7.09. The molecule has 1 amide bonds. The van der Waals surface area contributed by atoms with Crippen molar-refractivity contribution >= 4 is 11.6 Å².